The molecule has 0 unspecified atom stereocenters. The lowest BCUT2D eigenvalue weighted by atomic mass is 10.2. The maximum atomic E-state index is 6.09. The zero-order valence-corrected chi connectivity index (χ0v) is 11.2. The van der Waals surface area contributed by atoms with Gasteiger partial charge in [0.1, 0.15) is 11.9 Å². The van der Waals surface area contributed by atoms with E-state index in [0.717, 1.165) is 17.7 Å². The van der Waals surface area contributed by atoms with E-state index in [1.54, 1.807) is 0 Å². The van der Waals surface area contributed by atoms with Crippen LogP contribution in [0.2, 0.25) is 0 Å². The summed E-state index contributed by atoms with van der Waals surface area (Å²) in [4.78, 5) is 0. The Bertz CT molecular complexity index is 481. The van der Waals surface area contributed by atoms with Crippen molar-refractivity contribution >= 4 is 11.6 Å². The maximum absolute atomic E-state index is 6.09. The van der Waals surface area contributed by atoms with Crippen molar-refractivity contribution < 1.29 is 4.74 Å². The number of benzene rings is 2. The van der Waals surface area contributed by atoms with Crippen LogP contribution in [-0.4, -0.2) is 5.88 Å². The first-order valence-electron chi connectivity index (χ1n) is 6.14. The third kappa shape index (κ3) is 3.27. The molecule has 1 atom stereocenters. The van der Waals surface area contributed by atoms with Gasteiger partial charge in [0.2, 0.25) is 0 Å². The first kappa shape index (κ1) is 13.0. The fourth-order valence-electron chi connectivity index (χ4n) is 1.90. The van der Waals surface area contributed by atoms with Crippen molar-refractivity contribution in [2.45, 2.75) is 19.4 Å². The number of aryl methyl sites for hydroxylation is 1. The molecule has 0 aliphatic carbocycles. The summed E-state index contributed by atoms with van der Waals surface area (Å²) in [6.07, 6.45) is 0.824. The van der Waals surface area contributed by atoms with Gasteiger partial charge >= 0.3 is 0 Å². The highest BCUT2D eigenvalue weighted by Crippen LogP contribution is 2.27. The molecule has 0 amide bonds. The van der Waals surface area contributed by atoms with E-state index >= 15 is 0 Å². The highest BCUT2D eigenvalue weighted by atomic mass is 35.5. The molecule has 18 heavy (non-hydrogen) atoms. The Morgan fingerprint density at radius 3 is 2.33 bits per heavy atom. The minimum Gasteiger partial charge on any atom is -0.485 e. The maximum Gasteiger partial charge on any atom is 0.125 e. The Morgan fingerprint density at radius 1 is 1.00 bits per heavy atom. The van der Waals surface area contributed by atoms with Gasteiger partial charge in [-0.05, 0) is 24.1 Å². The Kier molecular flexibility index (Phi) is 4.66. The second-order valence-electron chi connectivity index (χ2n) is 4.26. The van der Waals surface area contributed by atoms with Crippen molar-refractivity contribution in [3.05, 3.63) is 65.7 Å². The van der Waals surface area contributed by atoms with Gasteiger partial charge in [-0.1, -0.05) is 48.5 Å². The van der Waals surface area contributed by atoms with Gasteiger partial charge in [0.15, 0.2) is 0 Å². The molecule has 0 bridgehead atoms. The molecule has 0 aromatic heterocycles. The van der Waals surface area contributed by atoms with Gasteiger partial charge in [0.25, 0.3) is 0 Å². The van der Waals surface area contributed by atoms with Gasteiger partial charge in [-0.15, -0.1) is 11.6 Å². The van der Waals surface area contributed by atoms with E-state index in [1.807, 2.05) is 36.4 Å². The van der Waals surface area contributed by atoms with Crippen molar-refractivity contribution in [2.75, 3.05) is 5.88 Å². The fourth-order valence-corrected chi connectivity index (χ4v) is 2.10. The summed E-state index contributed by atoms with van der Waals surface area (Å²) in [5.41, 5.74) is 2.31. The second kappa shape index (κ2) is 6.46. The number of hydrogen-bond donors (Lipinski definition) is 0. The Labute approximate surface area is 113 Å². The van der Waals surface area contributed by atoms with Crippen molar-refractivity contribution in [3.63, 3.8) is 0 Å². The summed E-state index contributed by atoms with van der Waals surface area (Å²) in [7, 11) is 0. The number of para-hydroxylation sites is 1. The zero-order valence-electron chi connectivity index (χ0n) is 10.5. The fraction of sp³-hybridized carbons (Fsp3) is 0.250. The molecule has 0 aliphatic heterocycles. The molecule has 2 aromatic carbocycles. The van der Waals surface area contributed by atoms with Crippen molar-refractivity contribution in [2.24, 2.45) is 0 Å². The third-order valence-electron chi connectivity index (χ3n) is 2.91. The van der Waals surface area contributed by atoms with Gasteiger partial charge in [-0.25, -0.2) is 0 Å². The Balaban J connectivity index is 2.19. The molecule has 2 aromatic rings. The third-order valence-corrected chi connectivity index (χ3v) is 3.12. The average molecular weight is 263 g/mol. The van der Waals surface area contributed by atoms with Gasteiger partial charge in [0.05, 0.1) is 0 Å². The molecule has 1 nitrogen and oxygen atoms in total. The van der Waals surface area contributed by atoms with Crippen LogP contribution in [0.5, 0.6) is 5.75 Å². The van der Waals surface area contributed by atoms with Crippen LogP contribution in [0.25, 0.3) is 0 Å². The largest absolute Gasteiger partial charge is 0.485 e. The summed E-state index contributed by atoms with van der Waals surface area (Å²) in [5.74, 6) is 1.52. The van der Waals surface area contributed by atoms with Crippen molar-refractivity contribution in [3.8, 4) is 5.75 Å². The van der Waals surface area contributed by atoms with Crippen LogP contribution in [0.15, 0.2) is 54.6 Å². The van der Waals surface area contributed by atoms with Crippen LogP contribution in [0.3, 0.4) is 0 Å². The molecule has 0 saturated heterocycles. The second-order valence-corrected chi connectivity index (χ2v) is 4.64. The normalized spacial score (nSPS) is 12.1. The van der Waals surface area contributed by atoms with Gasteiger partial charge in [-0.2, -0.15) is 0 Å². The summed E-state index contributed by atoms with van der Waals surface area (Å²) in [6, 6.07) is 18.3. The number of alkyl halides is 1. The molecule has 0 N–H and O–H groups in total. The molecule has 0 saturated carbocycles. The first-order valence-corrected chi connectivity index (χ1v) is 6.68. The molecule has 94 valence electrons. The standard InChI is InChI=1S/C16H17ClO/c1-13-7-5-6-10-15(13)18-16(11-12-17)14-8-3-2-4-9-14/h2-10,16H,11-12H2,1H3/t16-/m1/s1/i16+2. The molecule has 0 fully saturated rings. The predicted molar refractivity (Wildman–Crippen MR) is 76.3 cm³/mol. The van der Waals surface area contributed by atoms with Gasteiger partial charge in [0, 0.05) is 12.3 Å². The van der Waals surface area contributed by atoms with E-state index in [1.165, 1.54) is 5.56 Å². The summed E-state index contributed by atoms with van der Waals surface area (Å²) >= 11 is 5.87. The summed E-state index contributed by atoms with van der Waals surface area (Å²) in [6.45, 7) is 2.05. The zero-order chi connectivity index (χ0) is 12.8. The SMILES string of the molecule is Cc1ccccc1O[14C@H](CCCl)c1ccccc1. The summed E-state index contributed by atoms with van der Waals surface area (Å²) in [5, 5.41) is 0. The molecular weight excluding hydrogens is 246 g/mol. The minimum absolute atomic E-state index is 0.0183. The van der Waals surface area contributed by atoms with E-state index in [-0.39, 0.29) is 6.10 Å². The highest BCUT2D eigenvalue weighted by molar-refractivity contribution is 6.17. The quantitative estimate of drug-likeness (QED) is 0.707. The molecule has 2 rings (SSSR count). The number of halogens is 1. The van der Waals surface area contributed by atoms with Crippen LogP contribution in [0, 0.1) is 6.92 Å². The van der Waals surface area contributed by atoms with E-state index in [2.05, 4.69) is 25.1 Å². The van der Waals surface area contributed by atoms with Crippen LogP contribution in [0.4, 0.5) is 0 Å². The lowest BCUT2D eigenvalue weighted by Crippen LogP contribution is -2.09. The Hall–Kier alpha value is -1.47. The van der Waals surface area contributed by atoms with E-state index in [4.69, 9.17) is 16.3 Å². The number of hydrogen-bond acceptors (Lipinski definition) is 1. The number of rotatable bonds is 5. The van der Waals surface area contributed by atoms with Crippen molar-refractivity contribution in [1.29, 1.82) is 0 Å². The predicted octanol–water partition coefficient (Wildman–Crippen LogP) is 4.74. The van der Waals surface area contributed by atoms with Crippen LogP contribution in [0.1, 0.15) is 23.7 Å². The molecule has 0 radical (unpaired) electrons. The highest BCUT2D eigenvalue weighted by Gasteiger charge is 2.13. The van der Waals surface area contributed by atoms with Gasteiger partial charge in [-0.3, -0.25) is 0 Å². The van der Waals surface area contributed by atoms with E-state index in [9.17, 15) is 0 Å². The minimum atomic E-state index is 0.0183. The molecule has 2 heteroatoms. The van der Waals surface area contributed by atoms with Crippen molar-refractivity contribution in [1.82, 2.24) is 0 Å². The summed E-state index contributed by atoms with van der Waals surface area (Å²) < 4.78 is 6.09. The van der Waals surface area contributed by atoms with E-state index < -0.39 is 0 Å². The van der Waals surface area contributed by atoms with E-state index in [0.29, 0.717) is 5.88 Å². The molecule has 0 heterocycles. The Morgan fingerprint density at radius 2 is 1.67 bits per heavy atom. The molecule has 0 aliphatic rings. The average Bonchev–Trinajstić information content (AvgIpc) is 2.42. The van der Waals surface area contributed by atoms with Gasteiger partial charge < -0.3 is 4.74 Å². The van der Waals surface area contributed by atoms with Crippen LogP contribution < -0.4 is 4.74 Å². The monoisotopic (exact) mass is 262 g/mol. The topological polar surface area (TPSA) is 9.23 Å². The lowest BCUT2D eigenvalue weighted by molar-refractivity contribution is 0.201. The molecular formula is C16H17ClO. The first-order chi connectivity index (χ1) is 8.81. The lowest BCUT2D eigenvalue weighted by Gasteiger charge is -2.20. The smallest absolute Gasteiger partial charge is 0.125 e. The van der Waals surface area contributed by atoms with Crippen LogP contribution >= 0.6 is 11.6 Å². The molecule has 0 spiro atoms. The number of ether oxygens (including phenoxy) is 1. The van der Waals surface area contributed by atoms with Crippen LogP contribution in [-0.2, 0) is 0 Å².